The lowest BCUT2D eigenvalue weighted by molar-refractivity contribution is -0.140. The Kier molecular flexibility index (Phi) is 10.2. The van der Waals surface area contributed by atoms with Crippen LogP contribution in [0.25, 0.3) is 0 Å². The highest BCUT2D eigenvalue weighted by molar-refractivity contribution is 5.90. The van der Waals surface area contributed by atoms with E-state index < -0.39 is 18.3 Å². The molecular formula is C34H52O6. The van der Waals surface area contributed by atoms with Crippen molar-refractivity contribution in [3.63, 3.8) is 0 Å². The smallest absolute Gasteiger partial charge is 0.334 e. The van der Waals surface area contributed by atoms with Crippen molar-refractivity contribution >= 4 is 5.97 Å². The van der Waals surface area contributed by atoms with E-state index in [2.05, 4.69) is 53.0 Å². The molecule has 9 atom stereocenters. The van der Waals surface area contributed by atoms with Crippen LogP contribution >= 0.6 is 0 Å². The fourth-order valence-corrected chi connectivity index (χ4v) is 8.37. The van der Waals surface area contributed by atoms with Gasteiger partial charge in [-0.3, -0.25) is 0 Å². The van der Waals surface area contributed by atoms with Crippen molar-refractivity contribution in [3.8, 4) is 0 Å². The number of allylic oxidation sites excluding steroid dienone is 3. The first kappa shape index (κ1) is 31.2. The minimum absolute atomic E-state index is 0.0146. The molecule has 3 N–H and O–H groups in total. The number of fused-ring (bicyclic) bond motifs is 1. The Labute approximate surface area is 241 Å². The molecule has 224 valence electrons. The Bertz CT molecular complexity index is 1010. The summed E-state index contributed by atoms with van der Waals surface area (Å²) in [6.07, 6.45) is 10.3. The van der Waals surface area contributed by atoms with Gasteiger partial charge in [-0.15, -0.1) is 0 Å². The van der Waals surface area contributed by atoms with Crippen molar-refractivity contribution in [1.82, 2.24) is 0 Å². The SMILES string of the molecule is C=C1C(=CC=C2CCC[C@]3(C)[C@@H]([C@H](C)C[C@@H]4OC(=O)C(=C)[C@H]4CC(C)C)CC[C@@H]23)C[C@@H](O)[C@H](OCCCO)[C@@H]1O. The summed E-state index contributed by atoms with van der Waals surface area (Å²) >= 11 is 0. The standard InChI is InChI=1S/C34H52O6/c1-20(2)17-26-23(5)33(38)40-30(26)18-21(3)27-12-13-28-24(9-7-14-34(27,28)6)10-11-25-19-29(36)32(31(37)22(25)4)39-16-8-15-35/h10-11,20-21,26-32,35-37H,4-5,7-9,12-19H2,1-3,6H3/t21-,26-,27-,28+,29-,30+,31-,32+,34-/m1/s1. The quantitative estimate of drug-likeness (QED) is 0.182. The maximum absolute atomic E-state index is 12.4. The zero-order valence-electron chi connectivity index (χ0n) is 25.1. The number of cyclic esters (lactones) is 1. The molecule has 6 nitrogen and oxygen atoms in total. The third kappa shape index (κ3) is 6.35. The van der Waals surface area contributed by atoms with Gasteiger partial charge in [-0.1, -0.05) is 58.6 Å². The van der Waals surface area contributed by atoms with Crippen LogP contribution in [0.5, 0.6) is 0 Å². The van der Waals surface area contributed by atoms with E-state index in [4.69, 9.17) is 14.6 Å². The molecular weight excluding hydrogens is 504 g/mol. The number of carbonyl (C=O) groups excluding carboxylic acids is 1. The van der Waals surface area contributed by atoms with E-state index >= 15 is 0 Å². The van der Waals surface area contributed by atoms with Crippen molar-refractivity contribution in [2.75, 3.05) is 13.2 Å². The van der Waals surface area contributed by atoms with E-state index in [-0.39, 0.29) is 30.0 Å². The Morgan fingerprint density at radius 1 is 1.12 bits per heavy atom. The number of esters is 1. The van der Waals surface area contributed by atoms with Gasteiger partial charge in [0.15, 0.2) is 0 Å². The molecule has 0 aromatic heterocycles. The summed E-state index contributed by atoms with van der Waals surface area (Å²) in [6, 6.07) is 0. The Morgan fingerprint density at radius 3 is 2.58 bits per heavy atom. The normalized spacial score (nSPS) is 39.3. The molecule has 0 radical (unpaired) electrons. The van der Waals surface area contributed by atoms with Crippen LogP contribution in [0.2, 0.25) is 0 Å². The molecule has 6 heteroatoms. The molecule has 1 aliphatic heterocycles. The van der Waals surface area contributed by atoms with E-state index in [0.29, 0.717) is 54.3 Å². The highest BCUT2D eigenvalue weighted by Crippen LogP contribution is 2.60. The molecule has 3 saturated carbocycles. The van der Waals surface area contributed by atoms with E-state index in [9.17, 15) is 15.0 Å². The summed E-state index contributed by atoms with van der Waals surface area (Å²) in [7, 11) is 0. The summed E-state index contributed by atoms with van der Waals surface area (Å²) in [4.78, 5) is 12.4. The van der Waals surface area contributed by atoms with Crippen LogP contribution in [0, 0.1) is 35.0 Å². The van der Waals surface area contributed by atoms with Crippen molar-refractivity contribution in [2.24, 2.45) is 35.0 Å². The lowest BCUT2D eigenvalue weighted by Crippen LogP contribution is -2.45. The van der Waals surface area contributed by atoms with Gasteiger partial charge in [-0.05, 0) is 91.6 Å². The van der Waals surface area contributed by atoms with Crippen molar-refractivity contribution in [2.45, 2.75) is 110 Å². The molecule has 0 bridgehead atoms. The lowest BCUT2D eigenvalue weighted by atomic mass is 9.60. The fourth-order valence-electron chi connectivity index (χ4n) is 8.37. The summed E-state index contributed by atoms with van der Waals surface area (Å²) in [5.41, 5.74) is 3.82. The molecule has 0 unspecified atom stereocenters. The van der Waals surface area contributed by atoms with Crippen LogP contribution in [0.1, 0.15) is 85.5 Å². The molecule has 0 amide bonds. The summed E-state index contributed by atoms with van der Waals surface area (Å²) < 4.78 is 11.5. The predicted molar refractivity (Wildman–Crippen MR) is 157 cm³/mol. The number of rotatable bonds is 10. The van der Waals surface area contributed by atoms with Crippen LogP contribution in [-0.4, -0.2) is 58.9 Å². The Balaban J connectivity index is 1.45. The molecule has 0 aromatic carbocycles. The maximum atomic E-state index is 12.4. The second kappa shape index (κ2) is 13.1. The molecule has 4 aliphatic rings. The van der Waals surface area contributed by atoms with Crippen LogP contribution in [-0.2, 0) is 14.3 Å². The molecule has 1 heterocycles. The average Bonchev–Trinajstić information content (AvgIpc) is 3.38. The number of aliphatic hydroxyl groups excluding tert-OH is 3. The zero-order valence-corrected chi connectivity index (χ0v) is 25.1. The fraction of sp³-hybridized carbons (Fsp3) is 0.735. The third-order valence-electron chi connectivity index (χ3n) is 10.5. The van der Waals surface area contributed by atoms with Gasteiger partial charge in [0.1, 0.15) is 18.3 Å². The van der Waals surface area contributed by atoms with Crippen molar-refractivity contribution in [3.05, 3.63) is 47.6 Å². The monoisotopic (exact) mass is 556 g/mol. The highest BCUT2D eigenvalue weighted by atomic mass is 16.6. The summed E-state index contributed by atoms with van der Waals surface area (Å²) in [5, 5.41) is 30.5. The van der Waals surface area contributed by atoms with Crippen LogP contribution in [0.15, 0.2) is 47.6 Å². The minimum Gasteiger partial charge on any atom is -0.458 e. The average molecular weight is 557 g/mol. The number of ether oxygens (including phenoxy) is 2. The number of aliphatic hydroxyl groups is 3. The van der Waals surface area contributed by atoms with E-state index in [1.807, 2.05) is 0 Å². The molecule has 0 spiro atoms. The topological polar surface area (TPSA) is 96.2 Å². The second-order valence-electron chi connectivity index (χ2n) is 13.6. The maximum Gasteiger partial charge on any atom is 0.334 e. The second-order valence-corrected chi connectivity index (χ2v) is 13.6. The lowest BCUT2D eigenvalue weighted by Gasteiger charge is -2.45. The van der Waals surface area contributed by atoms with Gasteiger partial charge in [-0.2, -0.15) is 0 Å². The van der Waals surface area contributed by atoms with Gasteiger partial charge in [0.05, 0.1) is 6.10 Å². The molecule has 1 saturated heterocycles. The molecule has 4 fully saturated rings. The highest BCUT2D eigenvalue weighted by Gasteiger charge is 2.52. The summed E-state index contributed by atoms with van der Waals surface area (Å²) in [5.74, 6) is 1.96. The number of hydrogen-bond acceptors (Lipinski definition) is 6. The van der Waals surface area contributed by atoms with E-state index in [1.165, 1.54) is 24.8 Å². The van der Waals surface area contributed by atoms with Gasteiger partial charge in [0.25, 0.3) is 0 Å². The molecule has 40 heavy (non-hydrogen) atoms. The van der Waals surface area contributed by atoms with E-state index in [0.717, 1.165) is 31.3 Å². The first-order valence-corrected chi connectivity index (χ1v) is 15.5. The van der Waals surface area contributed by atoms with Gasteiger partial charge in [0.2, 0.25) is 0 Å². The Hall–Kier alpha value is -1.73. The number of carbonyl (C=O) groups is 1. The van der Waals surface area contributed by atoms with E-state index in [1.54, 1.807) is 0 Å². The van der Waals surface area contributed by atoms with Crippen molar-refractivity contribution < 1.29 is 29.6 Å². The molecule has 0 aromatic rings. The molecule has 3 aliphatic carbocycles. The predicted octanol–water partition coefficient (Wildman–Crippen LogP) is 5.68. The van der Waals surface area contributed by atoms with Gasteiger partial charge in [0, 0.05) is 31.1 Å². The summed E-state index contributed by atoms with van der Waals surface area (Å²) in [6.45, 7) is 17.7. The van der Waals surface area contributed by atoms with Crippen LogP contribution in [0.3, 0.4) is 0 Å². The first-order chi connectivity index (χ1) is 19.0. The largest absolute Gasteiger partial charge is 0.458 e. The van der Waals surface area contributed by atoms with Gasteiger partial charge < -0.3 is 24.8 Å². The molecule has 4 rings (SSSR count). The van der Waals surface area contributed by atoms with Crippen LogP contribution in [0.4, 0.5) is 0 Å². The first-order valence-electron chi connectivity index (χ1n) is 15.5. The van der Waals surface area contributed by atoms with Crippen LogP contribution < -0.4 is 0 Å². The Morgan fingerprint density at radius 2 is 1.88 bits per heavy atom. The zero-order chi connectivity index (χ0) is 29.2. The van der Waals surface area contributed by atoms with Gasteiger partial charge >= 0.3 is 5.97 Å². The minimum atomic E-state index is -0.958. The number of hydrogen-bond donors (Lipinski definition) is 3. The van der Waals surface area contributed by atoms with Crippen molar-refractivity contribution in [1.29, 1.82) is 0 Å². The van der Waals surface area contributed by atoms with Gasteiger partial charge in [-0.25, -0.2) is 4.79 Å². The third-order valence-corrected chi connectivity index (χ3v) is 10.5.